The summed E-state index contributed by atoms with van der Waals surface area (Å²) in [5.74, 6) is 0. The quantitative estimate of drug-likeness (QED) is 0.159. The van der Waals surface area contributed by atoms with Gasteiger partial charge in [0.15, 0.2) is 0 Å². The third-order valence-electron chi connectivity index (χ3n) is 11.6. The summed E-state index contributed by atoms with van der Waals surface area (Å²) in [6, 6.07) is 72.8. The predicted molar refractivity (Wildman–Crippen MR) is 245 cm³/mol. The maximum absolute atomic E-state index is 4.97. The molecule has 270 valence electrons. The van der Waals surface area contributed by atoms with E-state index < -0.39 is 0 Å². The summed E-state index contributed by atoms with van der Waals surface area (Å²) in [5.41, 5.74) is 13.8. The monoisotopic (exact) mass is 736 g/mol. The van der Waals surface area contributed by atoms with E-state index in [9.17, 15) is 0 Å². The standard InChI is InChI=1S/C56H36N2/c1-3-10-43-32-45(25-19-37(43)8-1)39-15-21-41(22-16-39)55-50-13-5-6-14-51(50)56(42-23-17-40(18-24-42)46-26-20-38-9-2-4-11-44(38)33-46)53-34-47(27-29-52(53)55)54-30-28-49(36-58-54)48-12-7-31-57-35-48/h1-36H. The Bertz CT molecular complexity index is 3290. The van der Waals surface area contributed by atoms with E-state index in [-0.39, 0.29) is 0 Å². The molecule has 0 saturated carbocycles. The molecule has 2 heteroatoms. The van der Waals surface area contributed by atoms with Gasteiger partial charge in [-0.15, -0.1) is 0 Å². The van der Waals surface area contributed by atoms with Crippen molar-refractivity contribution in [1.29, 1.82) is 0 Å². The van der Waals surface area contributed by atoms with Crippen molar-refractivity contribution in [2.75, 3.05) is 0 Å². The molecule has 0 atom stereocenters. The van der Waals surface area contributed by atoms with Gasteiger partial charge in [-0.05, 0) is 118 Å². The van der Waals surface area contributed by atoms with E-state index in [0.29, 0.717) is 0 Å². The summed E-state index contributed by atoms with van der Waals surface area (Å²) in [6.07, 6.45) is 5.63. The van der Waals surface area contributed by atoms with Crippen molar-refractivity contribution < 1.29 is 0 Å². The molecule has 0 bridgehead atoms. The van der Waals surface area contributed by atoms with Gasteiger partial charge in [-0.2, -0.15) is 0 Å². The zero-order valence-electron chi connectivity index (χ0n) is 31.7. The highest BCUT2D eigenvalue weighted by Gasteiger charge is 2.18. The number of benzene rings is 9. The first kappa shape index (κ1) is 33.6. The van der Waals surface area contributed by atoms with E-state index in [2.05, 4.69) is 199 Å². The summed E-state index contributed by atoms with van der Waals surface area (Å²) in [5, 5.41) is 9.86. The highest BCUT2D eigenvalue weighted by atomic mass is 14.7. The smallest absolute Gasteiger partial charge is 0.0702 e. The lowest BCUT2D eigenvalue weighted by Crippen LogP contribution is -1.93. The molecular formula is C56H36N2. The molecule has 0 aliphatic heterocycles. The van der Waals surface area contributed by atoms with Gasteiger partial charge in [0.1, 0.15) is 0 Å². The van der Waals surface area contributed by atoms with Crippen LogP contribution >= 0.6 is 0 Å². The van der Waals surface area contributed by atoms with Crippen LogP contribution in [-0.4, -0.2) is 9.97 Å². The minimum atomic E-state index is 0.932. The van der Waals surface area contributed by atoms with Crippen LogP contribution in [0.15, 0.2) is 219 Å². The molecule has 0 unspecified atom stereocenters. The fourth-order valence-electron chi connectivity index (χ4n) is 8.63. The molecule has 0 aliphatic rings. The van der Waals surface area contributed by atoms with Crippen LogP contribution in [0.5, 0.6) is 0 Å². The molecule has 0 amide bonds. The van der Waals surface area contributed by atoms with E-state index in [0.717, 1.165) is 22.4 Å². The van der Waals surface area contributed by atoms with Crippen molar-refractivity contribution in [1.82, 2.24) is 9.97 Å². The average molecular weight is 737 g/mol. The third-order valence-corrected chi connectivity index (χ3v) is 11.6. The Balaban J connectivity index is 1.08. The van der Waals surface area contributed by atoms with Crippen molar-refractivity contribution in [2.45, 2.75) is 0 Å². The van der Waals surface area contributed by atoms with E-state index >= 15 is 0 Å². The predicted octanol–water partition coefficient (Wildman–Crippen LogP) is 15.1. The summed E-state index contributed by atoms with van der Waals surface area (Å²) >= 11 is 0. The molecule has 0 radical (unpaired) electrons. The molecule has 0 spiro atoms. The third kappa shape index (κ3) is 6.00. The molecule has 2 heterocycles. The number of nitrogens with zero attached hydrogens (tertiary/aromatic N) is 2. The van der Waals surface area contributed by atoms with Gasteiger partial charge in [-0.1, -0.05) is 170 Å². The molecule has 11 aromatic rings. The number of pyridine rings is 2. The lowest BCUT2D eigenvalue weighted by atomic mass is 9.84. The van der Waals surface area contributed by atoms with Gasteiger partial charge in [0.25, 0.3) is 0 Å². The molecule has 2 aromatic heterocycles. The maximum Gasteiger partial charge on any atom is 0.0702 e. The summed E-state index contributed by atoms with van der Waals surface area (Å²) in [7, 11) is 0. The average Bonchev–Trinajstić information content (AvgIpc) is 3.31. The Morgan fingerprint density at radius 3 is 1.28 bits per heavy atom. The minimum absolute atomic E-state index is 0.932. The van der Waals surface area contributed by atoms with Crippen LogP contribution in [0.2, 0.25) is 0 Å². The first-order valence-electron chi connectivity index (χ1n) is 19.8. The molecule has 0 aliphatic carbocycles. The largest absolute Gasteiger partial charge is 0.264 e. The van der Waals surface area contributed by atoms with Crippen molar-refractivity contribution in [3.8, 4) is 66.9 Å². The first-order chi connectivity index (χ1) is 28.7. The van der Waals surface area contributed by atoms with Crippen LogP contribution in [0.25, 0.3) is 110 Å². The van der Waals surface area contributed by atoms with Gasteiger partial charge in [0.05, 0.1) is 5.69 Å². The Hall–Kier alpha value is -7.68. The number of hydrogen-bond donors (Lipinski definition) is 0. The maximum atomic E-state index is 4.97. The molecule has 0 N–H and O–H groups in total. The molecule has 0 saturated heterocycles. The van der Waals surface area contributed by atoms with Crippen molar-refractivity contribution in [2.24, 2.45) is 0 Å². The number of aromatic nitrogens is 2. The number of hydrogen-bond acceptors (Lipinski definition) is 2. The number of rotatable bonds is 6. The molecule has 0 fully saturated rings. The van der Waals surface area contributed by atoms with Crippen LogP contribution in [0.4, 0.5) is 0 Å². The zero-order valence-corrected chi connectivity index (χ0v) is 31.7. The molecule has 11 rings (SSSR count). The minimum Gasteiger partial charge on any atom is -0.264 e. The van der Waals surface area contributed by atoms with Gasteiger partial charge < -0.3 is 0 Å². The van der Waals surface area contributed by atoms with Crippen LogP contribution in [-0.2, 0) is 0 Å². The zero-order chi connectivity index (χ0) is 38.4. The molecule has 58 heavy (non-hydrogen) atoms. The van der Waals surface area contributed by atoms with E-state index in [4.69, 9.17) is 4.98 Å². The van der Waals surface area contributed by atoms with Crippen LogP contribution < -0.4 is 0 Å². The Morgan fingerprint density at radius 1 is 0.259 bits per heavy atom. The Morgan fingerprint density at radius 2 is 0.724 bits per heavy atom. The van der Waals surface area contributed by atoms with Crippen molar-refractivity contribution >= 4 is 43.1 Å². The lowest BCUT2D eigenvalue weighted by Gasteiger charge is -2.19. The second-order valence-corrected chi connectivity index (χ2v) is 15.0. The summed E-state index contributed by atoms with van der Waals surface area (Å²) in [4.78, 5) is 9.28. The van der Waals surface area contributed by atoms with Crippen molar-refractivity contribution in [3.05, 3.63) is 219 Å². The van der Waals surface area contributed by atoms with Gasteiger partial charge >= 0.3 is 0 Å². The Kier molecular flexibility index (Phi) is 8.19. The first-order valence-corrected chi connectivity index (χ1v) is 19.8. The van der Waals surface area contributed by atoms with Crippen LogP contribution in [0, 0.1) is 0 Å². The fraction of sp³-hybridized carbons (Fsp3) is 0. The highest BCUT2D eigenvalue weighted by Crippen LogP contribution is 2.45. The van der Waals surface area contributed by atoms with Crippen LogP contribution in [0.3, 0.4) is 0 Å². The van der Waals surface area contributed by atoms with Crippen LogP contribution in [0.1, 0.15) is 0 Å². The second-order valence-electron chi connectivity index (χ2n) is 15.0. The van der Waals surface area contributed by atoms with Gasteiger partial charge in [0, 0.05) is 35.3 Å². The van der Waals surface area contributed by atoms with E-state index in [1.54, 1.807) is 6.20 Å². The highest BCUT2D eigenvalue weighted by molar-refractivity contribution is 6.22. The normalized spacial score (nSPS) is 11.4. The summed E-state index contributed by atoms with van der Waals surface area (Å²) < 4.78 is 0. The number of fused-ring (bicyclic) bond motifs is 4. The topological polar surface area (TPSA) is 25.8 Å². The molecule has 9 aromatic carbocycles. The van der Waals surface area contributed by atoms with E-state index in [1.807, 2.05) is 18.5 Å². The van der Waals surface area contributed by atoms with E-state index in [1.165, 1.54) is 87.6 Å². The molecule has 2 nitrogen and oxygen atoms in total. The summed E-state index contributed by atoms with van der Waals surface area (Å²) in [6.45, 7) is 0. The molecular weight excluding hydrogens is 701 g/mol. The second kappa shape index (κ2) is 14.1. The fourth-order valence-corrected chi connectivity index (χ4v) is 8.63. The van der Waals surface area contributed by atoms with Gasteiger partial charge in [0.2, 0.25) is 0 Å². The Labute approximate surface area is 337 Å². The SMILES string of the molecule is c1cncc(-c2ccc(-c3ccc4c(-c5ccc(-c6ccc7ccccc7c6)cc5)c5ccccc5c(-c5ccc(-c6ccc7ccccc7c6)cc5)c4c3)nc2)c1. The van der Waals surface area contributed by atoms with Gasteiger partial charge in [-0.25, -0.2) is 0 Å². The van der Waals surface area contributed by atoms with Crippen molar-refractivity contribution in [3.63, 3.8) is 0 Å². The lowest BCUT2D eigenvalue weighted by molar-refractivity contribution is 1.30. The van der Waals surface area contributed by atoms with Gasteiger partial charge in [-0.3, -0.25) is 9.97 Å².